The third kappa shape index (κ3) is 3.04. The van der Waals surface area contributed by atoms with Crippen molar-refractivity contribution in [2.45, 2.75) is 25.7 Å². The molecular weight excluding hydrogens is 236 g/mol. The summed E-state index contributed by atoms with van der Waals surface area (Å²) in [5, 5.41) is 0. The SMILES string of the molecule is Cc1ccc(C2CCN(S(C)(=O)=O)CC2)cn1. The van der Waals surface area contributed by atoms with Crippen LogP contribution < -0.4 is 0 Å². The van der Waals surface area contributed by atoms with E-state index in [0.717, 1.165) is 18.5 Å². The van der Waals surface area contributed by atoms with Crippen LogP contribution in [0.2, 0.25) is 0 Å². The first-order valence-corrected chi connectivity index (χ1v) is 7.69. The van der Waals surface area contributed by atoms with Gasteiger partial charge < -0.3 is 0 Å². The van der Waals surface area contributed by atoms with Crippen LogP contribution in [0.25, 0.3) is 0 Å². The van der Waals surface area contributed by atoms with Gasteiger partial charge >= 0.3 is 0 Å². The summed E-state index contributed by atoms with van der Waals surface area (Å²) in [7, 11) is -3.02. The van der Waals surface area contributed by atoms with Crippen molar-refractivity contribution in [3.63, 3.8) is 0 Å². The first-order chi connectivity index (χ1) is 7.97. The lowest BCUT2D eigenvalue weighted by molar-refractivity contribution is 0.321. The molecule has 0 radical (unpaired) electrons. The summed E-state index contributed by atoms with van der Waals surface area (Å²) in [4.78, 5) is 4.29. The number of sulfonamides is 1. The molecule has 4 nitrogen and oxygen atoms in total. The average molecular weight is 254 g/mol. The molecule has 0 amide bonds. The number of nitrogens with zero attached hydrogens (tertiary/aromatic N) is 2. The van der Waals surface area contributed by atoms with Gasteiger partial charge in [0.2, 0.25) is 10.0 Å². The van der Waals surface area contributed by atoms with E-state index in [4.69, 9.17) is 0 Å². The molecule has 2 rings (SSSR count). The van der Waals surface area contributed by atoms with Crippen molar-refractivity contribution in [2.75, 3.05) is 19.3 Å². The number of aromatic nitrogens is 1. The second-order valence-electron chi connectivity index (χ2n) is 4.67. The van der Waals surface area contributed by atoms with Crippen molar-refractivity contribution in [1.29, 1.82) is 0 Å². The molecule has 1 fully saturated rings. The molecule has 1 aliphatic heterocycles. The third-order valence-corrected chi connectivity index (χ3v) is 4.63. The standard InChI is InChI=1S/C12H18N2O2S/c1-10-3-4-12(9-13-10)11-5-7-14(8-6-11)17(2,15)16/h3-4,9,11H,5-8H2,1-2H3. The molecule has 0 unspecified atom stereocenters. The average Bonchev–Trinajstić information content (AvgIpc) is 2.29. The highest BCUT2D eigenvalue weighted by atomic mass is 32.2. The van der Waals surface area contributed by atoms with Crippen LogP contribution in [0.3, 0.4) is 0 Å². The fraction of sp³-hybridized carbons (Fsp3) is 0.583. The molecular formula is C12H18N2O2S. The second-order valence-corrected chi connectivity index (χ2v) is 6.65. The Balaban J connectivity index is 2.02. The Hall–Kier alpha value is -0.940. The van der Waals surface area contributed by atoms with Crippen LogP contribution in [0, 0.1) is 6.92 Å². The van der Waals surface area contributed by atoms with Gasteiger partial charge in [0.05, 0.1) is 6.26 Å². The van der Waals surface area contributed by atoms with Gasteiger partial charge in [-0.15, -0.1) is 0 Å². The van der Waals surface area contributed by atoms with Crippen molar-refractivity contribution >= 4 is 10.0 Å². The summed E-state index contributed by atoms with van der Waals surface area (Å²) in [6, 6.07) is 4.11. The van der Waals surface area contributed by atoms with Gasteiger partial charge in [0.25, 0.3) is 0 Å². The van der Waals surface area contributed by atoms with E-state index in [2.05, 4.69) is 11.1 Å². The molecule has 0 N–H and O–H groups in total. The zero-order chi connectivity index (χ0) is 12.5. The second kappa shape index (κ2) is 4.74. The normalized spacial score (nSPS) is 19.4. The van der Waals surface area contributed by atoms with E-state index in [1.54, 1.807) is 4.31 Å². The van der Waals surface area contributed by atoms with Crippen molar-refractivity contribution < 1.29 is 8.42 Å². The van der Waals surface area contributed by atoms with Gasteiger partial charge in [0, 0.05) is 25.0 Å². The zero-order valence-corrected chi connectivity index (χ0v) is 11.1. The predicted octanol–water partition coefficient (Wildman–Crippen LogP) is 1.53. The Kier molecular flexibility index (Phi) is 3.49. The van der Waals surface area contributed by atoms with Gasteiger partial charge in [0.15, 0.2) is 0 Å². The first-order valence-electron chi connectivity index (χ1n) is 5.84. The van der Waals surface area contributed by atoms with Gasteiger partial charge in [-0.1, -0.05) is 6.07 Å². The highest BCUT2D eigenvalue weighted by molar-refractivity contribution is 7.88. The molecule has 0 bridgehead atoms. The lowest BCUT2D eigenvalue weighted by atomic mass is 9.91. The molecule has 1 saturated heterocycles. The quantitative estimate of drug-likeness (QED) is 0.804. The maximum atomic E-state index is 11.4. The molecule has 1 aromatic rings. The first kappa shape index (κ1) is 12.5. The summed E-state index contributed by atoms with van der Waals surface area (Å²) >= 11 is 0. The minimum absolute atomic E-state index is 0.445. The molecule has 1 aromatic heterocycles. The minimum Gasteiger partial charge on any atom is -0.261 e. The number of aryl methyl sites for hydroxylation is 1. The van der Waals surface area contributed by atoms with Gasteiger partial charge in [0.1, 0.15) is 0 Å². The van der Waals surface area contributed by atoms with E-state index in [1.165, 1.54) is 11.8 Å². The van der Waals surface area contributed by atoms with E-state index < -0.39 is 10.0 Å². The topological polar surface area (TPSA) is 50.3 Å². The van der Waals surface area contributed by atoms with Crippen LogP contribution in [0.5, 0.6) is 0 Å². The number of hydrogen-bond donors (Lipinski definition) is 0. The van der Waals surface area contributed by atoms with Crippen LogP contribution in [0.1, 0.15) is 30.0 Å². The monoisotopic (exact) mass is 254 g/mol. The van der Waals surface area contributed by atoms with Crippen molar-refractivity contribution in [2.24, 2.45) is 0 Å². The molecule has 1 aliphatic rings. The molecule has 94 valence electrons. The Labute approximate surface area is 103 Å². The minimum atomic E-state index is -3.02. The molecule has 0 aliphatic carbocycles. The molecule has 0 atom stereocenters. The number of rotatable bonds is 2. The fourth-order valence-electron chi connectivity index (χ4n) is 2.24. The smallest absolute Gasteiger partial charge is 0.211 e. The van der Waals surface area contributed by atoms with E-state index >= 15 is 0 Å². The predicted molar refractivity (Wildman–Crippen MR) is 67.4 cm³/mol. The van der Waals surface area contributed by atoms with Crippen molar-refractivity contribution in [1.82, 2.24) is 9.29 Å². The fourth-order valence-corrected chi connectivity index (χ4v) is 3.12. The highest BCUT2D eigenvalue weighted by Crippen LogP contribution is 2.28. The largest absolute Gasteiger partial charge is 0.261 e. The van der Waals surface area contributed by atoms with Crippen LogP contribution in [0.15, 0.2) is 18.3 Å². The number of piperidine rings is 1. The van der Waals surface area contributed by atoms with Crippen molar-refractivity contribution in [3.05, 3.63) is 29.6 Å². The number of hydrogen-bond acceptors (Lipinski definition) is 3. The van der Waals surface area contributed by atoms with Crippen LogP contribution in [-0.4, -0.2) is 37.1 Å². The lowest BCUT2D eigenvalue weighted by Crippen LogP contribution is -2.37. The van der Waals surface area contributed by atoms with Crippen LogP contribution in [0.4, 0.5) is 0 Å². The van der Waals surface area contributed by atoms with E-state index in [-0.39, 0.29) is 0 Å². The molecule has 0 aromatic carbocycles. The summed E-state index contributed by atoms with van der Waals surface area (Å²) in [5.41, 5.74) is 2.24. The Morgan fingerprint density at radius 3 is 2.41 bits per heavy atom. The van der Waals surface area contributed by atoms with Gasteiger partial charge in [-0.05, 0) is 37.3 Å². The lowest BCUT2D eigenvalue weighted by Gasteiger charge is -2.30. The molecule has 0 spiro atoms. The van der Waals surface area contributed by atoms with Crippen LogP contribution >= 0.6 is 0 Å². The van der Waals surface area contributed by atoms with Crippen LogP contribution in [-0.2, 0) is 10.0 Å². The maximum Gasteiger partial charge on any atom is 0.211 e. The third-order valence-electron chi connectivity index (χ3n) is 3.33. The molecule has 0 saturated carbocycles. The summed E-state index contributed by atoms with van der Waals surface area (Å²) in [5.74, 6) is 0.445. The van der Waals surface area contributed by atoms with E-state index in [1.807, 2.05) is 19.2 Å². The van der Waals surface area contributed by atoms with Gasteiger partial charge in [-0.25, -0.2) is 12.7 Å². The summed E-state index contributed by atoms with van der Waals surface area (Å²) < 4.78 is 24.3. The highest BCUT2D eigenvalue weighted by Gasteiger charge is 2.25. The zero-order valence-electron chi connectivity index (χ0n) is 10.3. The van der Waals surface area contributed by atoms with E-state index in [0.29, 0.717) is 19.0 Å². The summed E-state index contributed by atoms with van der Waals surface area (Å²) in [6.07, 6.45) is 4.96. The van der Waals surface area contributed by atoms with E-state index in [9.17, 15) is 8.42 Å². The number of pyridine rings is 1. The van der Waals surface area contributed by atoms with Gasteiger partial charge in [-0.3, -0.25) is 4.98 Å². The summed E-state index contributed by atoms with van der Waals surface area (Å²) in [6.45, 7) is 3.21. The molecule has 17 heavy (non-hydrogen) atoms. The Bertz CT molecular complexity index is 474. The Morgan fingerprint density at radius 1 is 1.29 bits per heavy atom. The molecule has 2 heterocycles. The van der Waals surface area contributed by atoms with Gasteiger partial charge in [-0.2, -0.15) is 0 Å². The van der Waals surface area contributed by atoms with Crippen molar-refractivity contribution in [3.8, 4) is 0 Å². The maximum absolute atomic E-state index is 11.4. The Morgan fingerprint density at radius 2 is 1.94 bits per heavy atom. The molecule has 5 heteroatoms.